The zero-order valence-electron chi connectivity index (χ0n) is 13.7. The number of Topliss-reactive ketones (excluding diaryl/α,β-unsaturated/α-hetero) is 1. The molecule has 1 saturated carbocycles. The molecule has 2 aliphatic rings. The van der Waals surface area contributed by atoms with E-state index in [4.69, 9.17) is 0 Å². The van der Waals surface area contributed by atoms with Crippen LogP contribution in [0.3, 0.4) is 0 Å². The summed E-state index contributed by atoms with van der Waals surface area (Å²) in [5.41, 5.74) is 3.33. The third kappa shape index (κ3) is 3.89. The lowest BCUT2D eigenvalue weighted by Crippen LogP contribution is -2.34. The van der Waals surface area contributed by atoms with E-state index in [9.17, 15) is 4.79 Å². The first-order valence-corrected chi connectivity index (χ1v) is 8.88. The minimum absolute atomic E-state index is 0.226. The molecule has 1 aliphatic carbocycles. The molecule has 1 aromatic rings. The van der Waals surface area contributed by atoms with Crippen LogP contribution in [-0.2, 0) is 6.42 Å². The Balaban J connectivity index is 1.54. The monoisotopic (exact) mass is 300 g/mol. The first-order valence-electron chi connectivity index (χ1n) is 8.88. The molecule has 0 aromatic heterocycles. The molecule has 0 spiro atoms. The van der Waals surface area contributed by atoms with Crippen molar-refractivity contribution < 1.29 is 4.79 Å². The summed E-state index contributed by atoms with van der Waals surface area (Å²) in [5, 5.41) is 6.93. The maximum atomic E-state index is 12.4. The Bertz CT molecular complexity index is 518. The molecule has 1 heterocycles. The van der Waals surface area contributed by atoms with Gasteiger partial charge in [0.05, 0.1) is 6.54 Å². The van der Waals surface area contributed by atoms with Crippen LogP contribution in [0.25, 0.3) is 0 Å². The van der Waals surface area contributed by atoms with Gasteiger partial charge < -0.3 is 10.6 Å². The van der Waals surface area contributed by atoms with E-state index in [1.807, 2.05) is 6.07 Å². The SMILES string of the molecule is CC1Cc2cc(C(=O)CNC3CCCCCCC3)ccc2N1. The van der Waals surface area contributed by atoms with E-state index < -0.39 is 0 Å². The van der Waals surface area contributed by atoms with Gasteiger partial charge in [-0.3, -0.25) is 4.79 Å². The van der Waals surface area contributed by atoms with Crippen LogP contribution < -0.4 is 10.6 Å². The van der Waals surface area contributed by atoms with Gasteiger partial charge in [0.1, 0.15) is 0 Å². The molecule has 2 N–H and O–H groups in total. The van der Waals surface area contributed by atoms with Crippen LogP contribution in [0.15, 0.2) is 18.2 Å². The maximum Gasteiger partial charge on any atom is 0.176 e. The van der Waals surface area contributed by atoms with Crippen molar-refractivity contribution in [2.45, 2.75) is 70.4 Å². The third-order valence-electron chi connectivity index (χ3n) is 5.01. The highest BCUT2D eigenvalue weighted by Crippen LogP contribution is 2.26. The molecule has 0 amide bonds. The second-order valence-corrected chi connectivity index (χ2v) is 6.97. The van der Waals surface area contributed by atoms with Crippen molar-refractivity contribution in [3.05, 3.63) is 29.3 Å². The van der Waals surface area contributed by atoms with Crippen LogP contribution in [0.2, 0.25) is 0 Å². The van der Waals surface area contributed by atoms with Crippen molar-refractivity contribution in [2.24, 2.45) is 0 Å². The minimum atomic E-state index is 0.226. The Morgan fingerprint density at radius 3 is 2.68 bits per heavy atom. The van der Waals surface area contributed by atoms with Crippen molar-refractivity contribution >= 4 is 11.5 Å². The van der Waals surface area contributed by atoms with E-state index in [1.165, 1.54) is 56.2 Å². The molecule has 3 rings (SSSR count). The Morgan fingerprint density at radius 1 is 1.18 bits per heavy atom. The third-order valence-corrected chi connectivity index (χ3v) is 5.01. The maximum absolute atomic E-state index is 12.4. The van der Waals surface area contributed by atoms with Crippen molar-refractivity contribution in [2.75, 3.05) is 11.9 Å². The fourth-order valence-corrected chi connectivity index (χ4v) is 3.72. The van der Waals surface area contributed by atoms with E-state index in [0.29, 0.717) is 18.6 Å². The Hall–Kier alpha value is -1.35. The Morgan fingerprint density at radius 2 is 1.91 bits per heavy atom. The van der Waals surface area contributed by atoms with E-state index in [1.54, 1.807) is 0 Å². The average molecular weight is 300 g/mol. The molecule has 1 aromatic carbocycles. The van der Waals surface area contributed by atoms with Gasteiger partial charge in [-0.2, -0.15) is 0 Å². The second kappa shape index (κ2) is 7.28. The van der Waals surface area contributed by atoms with Gasteiger partial charge in [0.15, 0.2) is 5.78 Å². The van der Waals surface area contributed by atoms with Gasteiger partial charge in [0, 0.05) is 23.3 Å². The van der Waals surface area contributed by atoms with Crippen molar-refractivity contribution in [3.63, 3.8) is 0 Å². The summed E-state index contributed by atoms with van der Waals surface area (Å²) < 4.78 is 0. The summed E-state index contributed by atoms with van der Waals surface area (Å²) in [5.74, 6) is 0.226. The molecule has 1 atom stereocenters. The average Bonchev–Trinajstić information content (AvgIpc) is 2.84. The molecule has 0 saturated heterocycles. The molecule has 1 fully saturated rings. The van der Waals surface area contributed by atoms with Gasteiger partial charge in [-0.15, -0.1) is 0 Å². The van der Waals surface area contributed by atoms with Gasteiger partial charge >= 0.3 is 0 Å². The number of hydrogen-bond donors (Lipinski definition) is 2. The standard InChI is InChI=1S/C19H28N2O/c1-14-11-16-12-15(9-10-18(16)21-14)19(22)13-20-17-7-5-3-2-4-6-8-17/h9-10,12,14,17,20-21H,2-8,11,13H2,1H3. The highest BCUT2D eigenvalue weighted by molar-refractivity contribution is 5.98. The van der Waals surface area contributed by atoms with Crippen LogP contribution in [0.5, 0.6) is 0 Å². The number of nitrogens with one attached hydrogen (secondary N) is 2. The summed E-state index contributed by atoms with van der Waals surface area (Å²) in [6, 6.07) is 7.11. The number of fused-ring (bicyclic) bond motifs is 1. The smallest absolute Gasteiger partial charge is 0.176 e. The van der Waals surface area contributed by atoms with E-state index >= 15 is 0 Å². The summed E-state index contributed by atoms with van der Waals surface area (Å²) in [4.78, 5) is 12.4. The van der Waals surface area contributed by atoms with Gasteiger partial charge in [-0.1, -0.05) is 32.1 Å². The zero-order chi connectivity index (χ0) is 15.4. The van der Waals surface area contributed by atoms with Crippen molar-refractivity contribution in [3.8, 4) is 0 Å². The fourth-order valence-electron chi connectivity index (χ4n) is 3.72. The molecule has 3 nitrogen and oxygen atoms in total. The van der Waals surface area contributed by atoms with Crippen LogP contribution in [-0.4, -0.2) is 24.4 Å². The number of carbonyl (C=O) groups excluding carboxylic acids is 1. The van der Waals surface area contributed by atoms with Gasteiger partial charge in [0.2, 0.25) is 0 Å². The van der Waals surface area contributed by atoms with Gasteiger partial charge in [0.25, 0.3) is 0 Å². The molecule has 120 valence electrons. The lowest BCUT2D eigenvalue weighted by molar-refractivity contribution is 0.0985. The number of rotatable bonds is 4. The van der Waals surface area contributed by atoms with E-state index in [0.717, 1.165) is 12.0 Å². The van der Waals surface area contributed by atoms with Crippen LogP contribution in [0, 0.1) is 0 Å². The lowest BCUT2D eigenvalue weighted by Gasteiger charge is -2.20. The van der Waals surface area contributed by atoms with Crippen molar-refractivity contribution in [1.82, 2.24) is 5.32 Å². The van der Waals surface area contributed by atoms with Crippen molar-refractivity contribution in [1.29, 1.82) is 0 Å². The highest BCUT2D eigenvalue weighted by atomic mass is 16.1. The van der Waals surface area contributed by atoms with E-state index in [-0.39, 0.29) is 5.78 Å². The number of hydrogen-bond acceptors (Lipinski definition) is 3. The molecular formula is C19H28N2O. The Kier molecular flexibility index (Phi) is 5.14. The summed E-state index contributed by atoms with van der Waals surface area (Å²) in [7, 11) is 0. The number of benzene rings is 1. The normalized spacial score (nSPS) is 22.5. The Labute approximate surface area is 133 Å². The fraction of sp³-hybridized carbons (Fsp3) is 0.632. The number of anilines is 1. The molecule has 22 heavy (non-hydrogen) atoms. The first-order chi connectivity index (χ1) is 10.7. The highest BCUT2D eigenvalue weighted by Gasteiger charge is 2.19. The van der Waals surface area contributed by atoms with Crippen LogP contribution in [0.4, 0.5) is 5.69 Å². The molecular weight excluding hydrogens is 272 g/mol. The summed E-state index contributed by atoms with van der Waals surface area (Å²) >= 11 is 0. The van der Waals surface area contributed by atoms with Gasteiger partial charge in [-0.05, 0) is 49.9 Å². The minimum Gasteiger partial charge on any atom is -0.382 e. The molecule has 0 bridgehead atoms. The zero-order valence-corrected chi connectivity index (χ0v) is 13.7. The number of ketones is 1. The largest absolute Gasteiger partial charge is 0.382 e. The van der Waals surface area contributed by atoms with Crippen LogP contribution >= 0.6 is 0 Å². The predicted molar refractivity (Wildman–Crippen MR) is 91.7 cm³/mol. The molecule has 0 radical (unpaired) electrons. The first kappa shape index (κ1) is 15.5. The topological polar surface area (TPSA) is 41.1 Å². The molecule has 3 heteroatoms. The van der Waals surface area contributed by atoms with Gasteiger partial charge in [-0.25, -0.2) is 0 Å². The molecule has 1 unspecified atom stereocenters. The summed E-state index contributed by atoms with van der Waals surface area (Å²) in [6.07, 6.45) is 10.1. The summed E-state index contributed by atoms with van der Waals surface area (Å²) in [6.45, 7) is 2.66. The molecule has 1 aliphatic heterocycles. The number of carbonyl (C=O) groups is 1. The van der Waals surface area contributed by atoms with E-state index in [2.05, 4.69) is 29.7 Å². The quantitative estimate of drug-likeness (QED) is 0.828. The van der Waals surface area contributed by atoms with Crippen LogP contribution in [0.1, 0.15) is 67.8 Å². The second-order valence-electron chi connectivity index (χ2n) is 6.97. The lowest BCUT2D eigenvalue weighted by atomic mass is 9.96. The predicted octanol–water partition coefficient (Wildman–Crippen LogP) is 3.93.